The zero-order valence-corrected chi connectivity index (χ0v) is 23.2. The topological polar surface area (TPSA) is 79.1 Å². The highest BCUT2D eigenvalue weighted by Gasteiger charge is 2.35. The number of carbonyl (C=O) groups excluding carboxylic acids is 1. The van der Waals surface area contributed by atoms with Crippen LogP contribution >= 0.6 is 27.3 Å². The fourth-order valence-electron chi connectivity index (χ4n) is 4.09. The van der Waals surface area contributed by atoms with Crippen molar-refractivity contribution in [2.45, 2.75) is 33.7 Å². The van der Waals surface area contributed by atoms with Crippen molar-refractivity contribution in [2.75, 3.05) is 20.3 Å². The quantitative estimate of drug-likeness (QED) is 0.396. The molecule has 188 valence electrons. The number of aryl methyl sites for hydroxylation is 1. The van der Waals surface area contributed by atoms with Crippen LogP contribution in [-0.4, -0.2) is 30.9 Å². The highest BCUT2D eigenvalue weighted by molar-refractivity contribution is 9.10. The van der Waals surface area contributed by atoms with Gasteiger partial charge < -0.3 is 14.2 Å². The van der Waals surface area contributed by atoms with Crippen molar-refractivity contribution in [3.05, 3.63) is 88.5 Å². The van der Waals surface area contributed by atoms with E-state index in [2.05, 4.69) is 20.9 Å². The maximum absolute atomic E-state index is 13.8. The molecule has 0 spiro atoms. The van der Waals surface area contributed by atoms with E-state index in [1.54, 1.807) is 37.7 Å². The number of fused-ring (bicyclic) bond motifs is 1. The molecule has 36 heavy (non-hydrogen) atoms. The second-order valence-electron chi connectivity index (χ2n) is 8.17. The summed E-state index contributed by atoms with van der Waals surface area (Å²) >= 11 is 4.92. The van der Waals surface area contributed by atoms with Gasteiger partial charge in [0.15, 0.2) is 16.3 Å². The molecule has 0 saturated carbocycles. The number of nitrogens with zero attached hydrogens (tertiary/aromatic N) is 2. The molecule has 0 fully saturated rings. The Bertz CT molecular complexity index is 1520. The summed E-state index contributed by atoms with van der Waals surface area (Å²) in [6.07, 6.45) is 1.84. The van der Waals surface area contributed by atoms with Crippen LogP contribution in [0.4, 0.5) is 0 Å². The van der Waals surface area contributed by atoms with E-state index in [1.807, 2.05) is 44.2 Å². The minimum absolute atomic E-state index is 0.202. The summed E-state index contributed by atoms with van der Waals surface area (Å²) in [5.74, 6) is 0.534. The van der Waals surface area contributed by atoms with Gasteiger partial charge >= 0.3 is 5.97 Å². The second kappa shape index (κ2) is 10.8. The Kier molecular flexibility index (Phi) is 7.80. The number of aromatic nitrogens is 1. The summed E-state index contributed by atoms with van der Waals surface area (Å²) in [7, 11) is 1.55. The number of rotatable bonds is 7. The van der Waals surface area contributed by atoms with Crippen molar-refractivity contribution in [2.24, 2.45) is 4.99 Å². The third kappa shape index (κ3) is 4.90. The highest BCUT2D eigenvalue weighted by atomic mass is 79.9. The number of allylic oxidation sites excluding steroid dienone is 1. The molecule has 7 nitrogen and oxygen atoms in total. The molecule has 0 radical (unpaired) electrons. The van der Waals surface area contributed by atoms with Gasteiger partial charge in [-0.25, -0.2) is 9.79 Å². The molecule has 0 aliphatic carbocycles. The summed E-state index contributed by atoms with van der Waals surface area (Å²) in [5.41, 5.74) is 3.28. The number of ether oxygens (including phenoxy) is 3. The number of hydrogen-bond acceptors (Lipinski definition) is 7. The van der Waals surface area contributed by atoms with Gasteiger partial charge in [-0.2, -0.15) is 0 Å². The molecule has 0 bridgehead atoms. The number of carbonyl (C=O) groups is 1. The van der Waals surface area contributed by atoms with Crippen LogP contribution < -0.4 is 24.4 Å². The van der Waals surface area contributed by atoms with E-state index in [1.165, 1.54) is 11.3 Å². The SMILES string of the molecule is CCOC(=O)C1=C(C)N=c2s/c(=C/c3ccc(C)cc3)c(=O)n2[C@@H]1c1cc(OC)c(OCC)cc1Br. The second-order valence-corrected chi connectivity index (χ2v) is 10.0. The number of benzene rings is 2. The molecule has 2 heterocycles. The molecular formula is C27H27BrN2O5S. The number of methoxy groups -OCH3 is 1. The molecule has 1 aliphatic rings. The summed E-state index contributed by atoms with van der Waals surface area (Å²) in [4.78, 5) is 32.1. The molecule has 2 aromatic carbocycles. The Morgan fingerprint density at radius 2 is 1.86 bits per heavy atom. The zero-order chi connectivity index (χ0) is 26.0. The number of thiazole rings is 1. The van der Waals surface area contributed by atoms with Crippen LogP contribution in [0.5, 0.6) is 11.5 Å². The van der Waals surface area contributed by atoms with E-state index in [0.29, 0.717) is 48.7 Å². The summed E-state index contributed by atoms with van der Waals surface area (Å²) in [6, 6.07) is 10.7. The van der Waals surface area contributed by atoms with Crippen LogP contribution in [0.1, 0.15) is 43.5 Å². The lowest BCUT2D eigenvalue weighted by molar-refractivity contribution is -0.139. The molecule has 1 aliphatic heterocycles. The normalized spacial score (nSPS) is 15.4. The molecule has 3 aromatic rings. The summed E-state index contributed by atoms with van der Waals surface area (Å²) in [5, 5.41) is 0. The minimum atomic E-state index is -0.764. The number of halogens is 1. The van der Waals surface area contributed by atoms with Gasteiger partial charge in [0.05, 0.1) is 42.2 Å². The molecule has 0 saturated heterocycles. The lowest BCUT2D eigenvalue weighted by Gasteiger charge is -2.26. The van der Waals surface area contributed by atoms with Crippen LogP contribution in [0, 0.1) is 6.92 Å². The Hall–Kier alpha value is -3.17. The number of esters is 1. The lowest BCUT2D eigenvalue weighted by atomic mass is 9.95. The van der Waals surface area contributed by atoms with Crippen LogP contribution in [0.15, 0.2) is 61.9 Å². The molecule has 1 atom stereocenters. The minimum Gasteiger partial charge on any atom is -0.493 e. The van der Waals surface area contributed by atoms with Crippen LogP contribution in [0.2, 0.25) is 0 Å². The first-order chi connectivity index (χ1) is 17.3. The van der Waals surface area contributed by atoms with Gasteiger partial charge in [-0.1, -0.05) is 57.1 Å². The first kappa shape index (κ1) is 25.9. The van der Waals surface area contributed by atoms with Crippen LogP contribution in [0.3, 0.4) is 0 Å². The van der Waals surface area contributed by atoms with Crippen molar-refractivity contribution in [1.29, 1.82) is 0 Å². The molecule has 9 heteroatoms. The maximum atomic E-state index is 13.8. The molecule has 0 unspecified atom stereocenters. The smallest absolute Gasteiger partial charge is 0.338 e. The van der Waals surface area contributed by atoms with E-state index < -0.39 is 12.0 Å². The average Bonchev–Trinajstić information content (AvgIpc) is 3.14. The van der Waals surface area contributed by atoms with Gasteiger partial charge in [0.25, 0.3) is 5.56 Å². The molecule has 0 amide bonds. The Labute approximate surface area is 221 Å². The van der Waals surface area contributed by atoms with E-state index in [0.717, 1.165) is 11.1 Å². The van der Waals surface area contributed by atoms with E-state index in [9.17, 15) is 9.59 Å². The Balaban J connectivity index is 1.99. The Morgan fingerprint density at radius 3 is 2.50 bits per heavy atom. The molecule has 4 rings (SSSR count). The fraction of sp³-hybridized carbons (Fsp3) is 0.296. The molecular weight excluding hydrogens is 544 g/mol. The number of hydrogen-bond donors (Lipinski definition) is 0. The fourth-order valence-corrected chi connectivity index (χ4v) is 5.67. The van der Waals surface area contributed by atoms with Crippen molar-refractivity contribution in [3.63, 3.8) is 0 Å². The first-order valence-corrected chi connectivity index (χ1v) is 13.2. The van der Waals surface area contributed by atoms with Crippen molar-refractivity contribution in [1.82, 2.24) is 4.57 Å². The third-order valence-corrected chi connectivity index (χ3v) is 7.44. The monoisotopic (exact) mass is 570 g/mol. The zero-order valence-electron chi connectivity index (χ0n) is 20.8. The molecule has 0 N–H and O–H groups in total. The van der Waals surface area contributed by atoms with E-state index >= 15 is 0 Å². The van der Waals surface area contributed by atoms with E-state index in [-0.39, 0.29) is 12.2 Å². The van der Waals surface area contributed by atoms with Gasteiger partial charge in [-0.3, -0.25) is 9.36 Å². The summed E-state index contributed by atoms with van der Waals surface area (Å²) < 4.78 is 19.4. The largest absolute Gasteiger partial charge is 0.493 e. The predicted molar refractivity (Wildman–Crippen MR) is 143 cm³/mol. The van der Waals surface area contributed by atoms with Gasteiger partial charge in [0, 0.05) is 4.47 Å². The maximum Gasteiger partial charge on any atom is 0.338 e. The van der Waals surface area contributed by atoms with E-state index in [4.69, 9.17) is 14.2 Å². The van der Waals surface area contributed by atoms with Crippen molar-refractivity contribution in [3.8, 4) is 11.5 Å². The van der Waals surface area contributed by atoms with Gasteiger partial charge in [0.2, 0.25) is 0 Å². The lowest BCUT2D eigenvalue weighted by Crippen LogP contribution is -2.40. The van der Waals surface area contributed by atoms with Crippen molar-refractivity contribution >= 4 is 39.3 Å². The average molecular weight is 571 g/mol. The standard InChI is InChI=1S/C27H27BrN2O5S/c1-6-34-21-14-19(28)18(13-20(21)33-5)24-23(26(32)35-7-2)16(4)29-27-30(24)25(31)22(36-27)12-17-10-8-15(3)9-11-17/h8-14,24H,6-7H2,1-5H3/b22-12+/t24-/m1/s1. The predicted octanol–water partition coefficient (Wildman–Crippen LogP) is 4.28. The Morgan fingerprint density at radius 1 is 1.14 bits per heavy atom. The van der Waals surface area contributed by atoms with Gasteiger partial charge in [-0.15, -0.1) is 0 Å². The highest BCUT2D eigenvalue weighted by Crippen LogP contribution is 2.41. The van der Waals surface area contributed by atoms with Gasteiger partial charge in [0.1, 0.15) is 0 Å². The summed E-state index contributed by atoms with van der Waals surface area (Å²) in [6.45, 7) is 8.07. The van der Waals surface area contributed by atoms with Crippen molar-refractivity contribution < 1.29 is 19.0 Å². The first-order valence-electron chi connectivity index (χ1n) is 11.6. The van der Waals surface area contributed by atoms with Crippen LogP contribution in [0.25, 0.3) is 6.08 Å². The van der Waals surface area contributed by atoms with Crippen LogP contribution in [-0.2, 0) is 9.53 Å². The van der Waals surface area contributed by atoms with Gasteiger partial charge in [-0.05, 0) is 57.0 Å². The third-order valence-electron chi connectivity index (χ3n) is 5.77. The molecule has 1 aromatic heterocycles.